The first kappa shape index (κ1) is 11.2. The molecule has 0 unspecified atom stereocenters. The van der Waals surface area contributed by atoms with E-state index in [2.05, 4.69) is 9.47 Å². The zero-order valence-corrected chi connectivity index (χ0v) is 8.27. The third kappa shape index (κ3) is 1.84. The lowest BCUT2D eigenvalue weighted by molar-refractivity contribution is -0.461. The summed E-state index contributed by atoms with van der Waals surface area (Å²) in [5.41, 5.74) is -0.0754. The van der Waals surface area contributed by atoms with Crippen molar-refractivity contribution in [2.24, 2.45) is 0 Å². The summed E-state index contributed by atoms with van der Waals surface area (Å²) >= 11 is 0. The van der Waals surface area contributed by atoms with E-state index in [0.29, 0.717) is 12.0 Å². The molecule has 1 aliphatic rings. The van der Waals surface area contributed by atoms with Crippen LogP contribution in [-0.4, -0.2) is 6.29 Å². The largest absolute Gasteiger partial charge is 0.540 e. The number of hydrogen-bond acceptors (Lipinski definition) is 2. The molecule has 2 nitrogen and oxygen atoms in total. The molecule has 1 aromatic rings. The minimum atomic E-state index is -4.30. The van der Waals surface area contributed by atoms with E-state index in [1.807, 2.05) is 0 Å². The number of hydrogen-bond donors (Lipinski definition) is 0. The summed E-state index contributed by atoms with van der Waals surface area (Å²) in [5, 5.41) is 0. The molecule has 0 fully saturated rings. The molecular formula is C10H8F4O2. The lowest BCUT2D eigenvalue weighted by Crippen LogP contribution is -2.41. The van der Waals surface area contributed by atoms with Crippen LogP contribution < -0.4 is 4.74 Å². The summed E-state index contributed by atoms with van der Waals surface area (Å²) in [6.07, 6.45) is -7.83. The number of aryl methyl sites for hydroxylation is 1. The normalized spacial score (nSPS) is 21.1. The fraction of sp³-hybridized carbons (Fsp3) is 0.400. The van der Waals surface area contributed by atoms with Crippen LogP contribution in [0.1, 0.15) is 18.1 Å². The van der Waals surface area contributed by atoms with Crippen LogP contribution in [0.15, 0.2) is 18.2 Å². The van der Waals surface area contributed by atoms with Gasteiger partial charge in [-0.15, -0.1) is 8.78 Å². The van der Waals surface area contributed by atoms with E-state index in [4.69, 9.17) is 0 Å². The van der Waals surface area contributed by atoms with E-state index in [-0.39, 0.29) is 0 Å². The number of ether oxygens (including phenoxy) is 2. The smallest absolute Gasteiger partial charge is 0.409 e. The molecule has 0 saturated heterocycles. The third-order valence-electron chi connectivity index (χ3n) is 2.24. The third-order valence-corrected chi connectivity index (χ3v) is 2.24. The van der Waals surface area contributed by atoms with Crippen molar-refractivity contribution in [3.05, 3.63) is 29.3 Å². The van der Waals surface area contributed by atoms with Crippen LogP contribution >= 0.6 is 0 Å². The Balaban J connectivity index is 2.51. The molecule has 0 spiro atoms. The highest BCUT2D eigenvalue weighted by Gasteiger charge is 2.54. The molecule has 0 atom stereocenters. The van der Waals surface area contributed by atoms with Crippen molar-refractivity contribution in [3.8, 4) is 5.75 Å². The number of fused-ring (bicyclic) bond motifs is 1. The zero-order valence-electron chi connectivity index (χ0n) is 8.27. The van der Waals surface area contributed by atoms with Crippen molar-refractivity contribution in [2.75, 3.05) is 0 Å². The molecule has 0 saturated carbocycles. The summed E-state index contributed by atoms with van der Waals surface area (Å²) in [4.78, 5) is 0. The maximum absolute atomic E-state index is 13.2. The molecule has 0 amide bonds. The molecule has 1 aromatic carbocycles. The van der Waals surface area contributed by atoms with E-state index >= 15 is 0 Å². The van der Waals surface area contributed by atoms with Crippen molar-refractivity contribution in [1.82, 2.24) is 0 Å². The van der Waals surface area contributed by atoms with Gasteiger partial charge in [0.25, 0.3) is 0 Å². The predicted molar refractivity (Wildman–Crippen MR) is 46.4 cm³/mol. The number of alkyl halides is 4. The first-order valence-electron chi connectivity index (χ1n) is 4.62. The molecule has 6 heteroatoms. The van der Waals surface area contributed by atoms with E-state index in [1.165, 1.54) is 6.07 Å². The van der Waals surface area contributed by atoms with E-state index in [1.54, 1.807) is 6.92 Å². The maximum Gasteiger partial charge on any atom is 0.540 e. The van der Waals surface area contributed by atoms with Gasteiger partial charge in [-0.3, -0.25) is 0 Å². The number of benzene rings is 1. The Labute approximate surface area is 88.8 Å². The molecule has 0 bridgehead atoms. The monoisotopic (exact) mass is 236 g/mol. The summed E-state index contributed by atoms with van der Waals surface area (Å²) in [6, 6.07) is 3.65. The van der Waals surface area contributed by atoms with Gasteiger partial charge in [-0.25, -0.2) is 4.74 Å². The maximum atomic E-state index is 13.2. The lowest BCUT2D eigenvalue weighted by atomic mass is 10.1. The molecule has 0 radical (unpaired) electrons. The van der Waals surface area contributed by atoms with Crippen LogP contribution in [0.4, 0.5) is 17.6 Å². The molecule has 2 rings (SSSR count). The fourth-order valence-corrected chi connectivity index (χ4v) is 1.47. The Morgan fingerprint density at radius 1 is 1.19 bits per heavy atom. The van der Waals surface area contributed by atoms with Crippen LogP contribution in [0.25, 0.3) is 0 Å². The molecular weight excluding hydrogens is 228 g/mol. The zero-order chi connectivity index (χ0) is 12.0. The number of halogens is 4. The van der Waals surface area contributed by atoms with Crippen molar-refractivity contribution in [2.45, 2.75) is 25.7 Å². The van der Waals surface area contributed by atoms with Crippen molar-refractivity contribution >= 4 is 0 Å². The SMILES string of the molecule is CCc1ccc2c(c1)C(F)(F)OC(F)(F)O2. The van der Waals surface area contributed by atoms with Crippen molar-refractivity contribution in [3.63, 3.8) is 0 Å². The van der Waals surface area contributed by atoms with Gasteiger partial charge in [-0.1, -0.05) is 13.0 Å². The Bertz CT molecular complexity index is 417. The molecule has 0 aliphatic carbocycles. The van der Waals surface area contributed by atoms with Crippen LogP contribution in [0.3, 0.4) is 0 Å². The summed E-state index contributed by atoms with van der Waals surface area (Å²) in [6.45, 7) is 1.76. The highest BCUT2D eigenvalue weighted by atomic mass is 19.3. The quantitative estimate of drug-likeness (QED) is 0.697. The van der Waals surface area contributed by atoms with E-state index < -0.39 is 23.7 Å². The van der Waals surface area contributed by atoms with Crippen LogP contribution in [0.5, 0.6) is 5.75 Å². The average molecular weight is 236 g/mol. The molecule has 0 aromatic heterocycles. The lowest BCUT2D eigenvalue weighted by Gasteiger charge is -2.30. The van der Waals surface area contributed by atoms with Gasteiger partial charge in [-0.2, -0.15) is 8.78 Å². The Morgan fingerprint density at radius 3 is 2.50 bits per heavy atom. The van der Waals surface area contributed by atoms with Crippen LogP contribution in [0, 0.1) is 0 Å². The summed E-state index contributed by atoms with van der Waals surface area (Å²) in [5.74, 6) is -0.557. The molecule has 1 heterocycles. The second-order valence-electron chi connectivity index (χ2n) is 3.37. The van der Waals surface area contributed by atoms with Gasteiger partial charge in [0.1, 0.15) is 5.75 Å². The Hall–Kier alpha value is -1.30. The molecule has 1 aliphatic heterocycles. The van der Waals surface area contributed by atoms with E-state index in [0.717, 1.165) is 12.1 Å². The Kier molecular flexibility index (Phi) is 2.34. The summed E-state index contributed by atoms with van der Waals surface area (Å²) < 4.78 is 59.0. The van der Waals surface area contributed by atoms with Gasteiger partial charge in [0.2, 0.25) is 0 Å². The minimum absolute atomic E-state index is 0.514. The van der Waals surface area contributed by atoms with Gasteiger partial charge in [0, 0.05) is 0 Å². The Morgan fingerprint density at radius 2 is 1.88 bits per heavy atom. The molecule has 88 valence electrons. The van der Waals surface area contributed by atoms with E-state index in [9.17, 15) is 17.6 Å². The summed E-state index contributed by atoms with van der Waals surface area (Å²) in [7, 11) is 0. The molecule has 16 heavy (non-hydrogen) atoms. The standard InChI is InChI=1S/C10H8F4O2/c1-2-6-3-4-8-7(5-6)9(11,12)16-10(13,14)15-8/h3-5H,2H2,1H3. The highest BCUT2D eigenvalue weighted by Crippen LogP contribution is 2.46. The van der Waals surface area contributed by atoms with Gasteiger partial charge < -0.3 is 4.74 Å². The van der Waals surface area contributed by atoms with Gasteiger partial charge >= 0.3 is 12.4 Å². The van der Waals surface area contributed by atoms with Gasteiger partial charge in [0.05, 0.1) is 5.56 Å². The predicted octanol–water partition coefficient (Wildman–Crippen LogP) is 3.26. The van der Waals surface area contributed by atoms with Crippen LogP contribution in [-0.2, 0) is 17.3 Å². The minimum Gasteiger partial charge on any atom is -0.409 e. The van der Waals surface area contributed by atoms with Crippen LogP contribution in [0.2, 0.25) is 0 Å². The second kappa shape index (κ2) is 3.35. The first-order valence-corrected chi connectivity index (χ1v) is 4.62. The van der Waals surface area contributed by atoms with Crippen molar-refractivity contribution < 1.29 is 27.0 Å². The first-order chi connectivity index (χ1) is 7.34. The topological polar surface area (TPSA) is 18.5 Å². The number of rotatable bonds is 1. The highest BCUT2D eigenvalue weighted by molar-refractivity contribution is 5.40. The fourth-order valence-electron chi connectivity index (χ4n) is 1.47. The molecule has 0 N–H and O–H groups in total. The van der Waals surface area contributed by atoms with Crippen molar-refractivity contribution in [1.29, 1.82) is 0 Å². The second-order valence-corrected chi connectivity index (χ2v) is 3.37. The van der Waals surface area contributed by atoms with Gasteiger partial charge in [-0.05, 0) is 24.1 Å². The van der Waals surface area contributed by atoms with Gasteiger partial charge in [0.15, 0.2) is 0 Å². The average Bonchev–Trinajstić information content (AvgIpc) is 2.14.